The van der Waals surface area contributed by atoms with Crippen LogP contribution in [0.5, 0.6) is 0 Å². The Morgan fingerprint density at radius 1 is 1.00 bits per heavy atom. The Balaban J connectivity index is -0.000000437. The summed E-state index contributed by atoms with van der Waals surface area (Å²) in [7, 11) is 0.762. The highest BCUT2D eigenvalue weighted by molar-refractivity contribution is 7.96. The van der Waals surface area contributed by atoms with Crippen LogP contribution in [0.4, 0.5) is 0 Å². The van der Waals surface area contributed by atoms with Gasteiger partial charge in [0.25, 0.3) is 0 Å². The minimum atomic E-state index is 0.146. The van der Waals surface area contributed by atoms with Gasteiger partial charge in [-0.15, -0.1) is 0 Å². The average Bonchev–Trinajstić information content (AvgIpc) is 2.81. The van der Waals surface area contributed by atoms with Crippen molar-refractivity contribution in [2.24, 2.45) is 0 Å². The molecule has 0 aliphatic rings. The predicted octanol–water partition coefficient (Wildman–Crippen LogP) is 9.40. The molecule has 0 spiro atoms. The van der Waals surface area contributed by atoms with Crippen molar-refractivity contribution in [2.75, 3.05) is 17.3 Å². The average molecular weight is 450 g/mol. The topological polar surface area (TPSA) is 17.1 Å². The molecule has 31 heavy (non-hydrogen) atoms. The van der Waals surface area contributed by atoms with Crippen LogP contribution in [-0.4, -0.2) is 23.0 Å². The summed E-state index contributed by atoms with van der Waals surface area (Å²) in [6, 6.07) is 8.12. The first-order valence-corrected chi connectivity index (χ1v) is 14.2. The summed E-state index contributed by atoms with van der Waals surface area (Å²) in [6.07, 6.45) is 11.9. The van der Waals surface area contributed by atoms with Crippen LogP contribution in [0.3, 0.4) is 0 Å². The van der Waals surface area contributed by atoms with Crippen LogP contribution in [0.1, 0.15) is 116 Å². The first-order valence-electron chi connectivity index (χ1n) is 12.4. The highest BCUT2D eigenvalue weighted by atomic mass is 32.2. The summed E-state index contributed by atoms with van der Waals surface area (Å²) in [4.78, 5) is 11.2. The van der Waals surface area contributed by atoms with Crippen molar-refractivity contribution in [1.29, 1.82) is 0 Å². The predicted molar refractivity (Wildman–Crippen MR) is 149 cm³/mol. The molecule has 1 aromatic rings. The number of hydrogen-bond acceptors (Lipinski definition) is 1. The third-order valence-corrected chi connectivity index (χ3v) is 7.44. The maximum absolute atomic E-state index is 11.2. The normalized spacial score (nSPS) is 10.8. The molecule has 1 atom stereocenters. The standard InChI is InChI=1S/C15H22O.C7H17S.C5H8.C2H6/c1-4-6-7-13(5-2)15-10-8-14(9-11-15)12(3)16;1-4-7-8(5-2)6-3;1-3-5-4-2;1-2/h8-11,13H,4-7H2,1-3H3;4-7H2,1-3H3;3-5H,1H2,2H3;1-2H3/q;+1;;/b;;5-4-;. The van der Waals surface area contributed by atoms with Crippen molar-refractivity contribution >= 4 is 16.7 Å². The Labute approximate surface area is 199 Å². The van der Waals surface area contributed by atoms with Crippen LogP contribution in [0.2, 0.25) is 0 Å². The molecule has 0 aromatic heterocycles. The molecule has 0 aliphatic carbocycles. The molecule has 0 heterocycles. The van der Waals surface area contributed by atoms with Gasteiger partial charge >= 0.3 is 0 Å². The minimum absolute atomic E-state index is 0.146. The lowest BCUT2D eigenvalue weighted by atomic mass is 9.90. The molecule has 0 aliphatic heterocycles. The Morgan fingerprint density at radius 3 is 1.81 bits per heavy atom. The van der Waals surface area contributed by atoms with Crippen LogP contribution in [0.25, 0.3) is 0 Å². The molecule has 0 radical (unpaired) electrons. The third kappa shape index (κ3) is 20.4. The molecule has 1 nitrogen and oxygen atoms in total. The summed E-state index contributed by atoms with van der Waals surface area (Å²) < 4.78 is 0. The zero-order chi connectivity index (χ0) is 24.5. The number of rotatable bonds is 11. The van der Waals surface area contributed by atoms with E-state index < -0.39 is 0 Å². The lowest BCUT2D eigenvalue weighted by Gasteiger charge is -2.15. The quantitative estimate of drug-likeness (QED) is 0.187. The summed E-state index contributed by atoms with van der Waals surface area (Å²) >= 11 is 0. The number of hydrogen-bond donors (Lipinski definition) is 0. The monoisotopic (exact) mass is 449 g/mol. The van der Waals surface area contributed by atoms with E-state index in [1.165, 1.54) is 54.9 Å². The lowest BCUT2D eigenvalue weighted by molar-refractivity contribution is 0.101. The Bertz CT molecular complexity index is 526. The molecule has 0 saturated heterocycles. The fourth-order valence-electron chi connectivity index (χ4n) is 2.96. The van der Waals surface area contributed by atoms with Crippen LogP contribution in [0, 0.1) is 0 Å². The summed E-state index contributed by atoms with van der Waals surface area (Å²) in [5.41, 5.74) is 2.19. The van der Waals surface area contributed by atoms with Gasteiger partial charge in [-0.2, -0.15) is 0 Å². The van der Waals surface area contributed by atoms with Gasteiger partial charge in [-0.3, -0.25) is 4.79 Å². The van der Waals surface area contributed by atoms with Gasteiger partial charge in [0.05, 0.1) is 0 Å². The second-order valence-corrected chi connectivity index (χ2v) is 9.87. The maximum atomic E-state index is 11.2. The number of unbranched alkanes of at least 4 members (excludes halogenated alkanes) is 1. The highest BCUT2D eigenvalue weighted by Crippen LogP contribution is 2.25. The van der Waals surface area contributed by atoms with Gasteiger partial charge in [0.1, 0.15) is 17.3 Å². The van der Waals surface area contributed by atoms with E-state index in [0.717, 1.165) is 16.5 Å². The molecular weight excluding hydrogens is 396 g/mol. The largest absolute Gasteiger partial charge is 0.295 e. The molecule has 1 aromatic carbocycles. The first-order chi connectivity index (χ1) is 14.9. The molecule has 2 heteroatoms. The summed E-state index contributed by atoms with van der Waals surface area (Å²) in [5, 5.41) is 0. The van der Waals surface area contributed by atoms with E-state index in [-0.39, 0.29) is 5.78 Å². The van der Waals surface area contributed by atoms with E-state index in [0.29, 0.717) is 5.92 Å². The van der Waals surface area contributed by atoms with Crippen molar-refractivity contribution in [3.05, 3.63) is 60.2 Å². The smallest absolute Gasteiger partial charge is 0.159 e. The minimum Gasteiger partial charge on any atom is -0.295 e. The molecule has 0 fully saturated rings. The van der Waals surface area contributed by atoms with Crippen LogP contribution in [-0.2, 0) is 10.9 Å². The van der Waals surface area contributed by atoms with Crippen molar-refractivity contribution in [1.82, 2.24) is 0 Å². The number of ketones is 1. The first kappa shape index (κ1) is 34.3. The van der Waals surface area contributed by atoms with Crippen LogP contribution < -0.4 is 0 Å². The van der Waals surface area contributed by atoms with E-state index >= 15 is 0 Å². The molecule has 0 amide bonds. The van der Waals surface area contributed by atoms with Gasteiger partial charge in [0.15, 0.2) is 5.78 Å². The SMILES string of the molecule is C=C/C=C\C.CC.CCCCC(CC)c1ccc(C(C)=O)cc1.CCC[S+](CC)CC. The molecule has 1 unspecified atom stereocenters. The molecule has 0 N–H and O–H groups in total. The van der Waals surface area contributed by atoms with Crippen LogP contribution in [0.15, 0.2) is 49.1 Å². The van der Waals surface area contributed by atoms with Gasteiger partial charge in [0.2, 0.25) is 0 Å². The zero-order valence-corrected chi connectivity index (χ0v) is 23.1. The maximum Gasteiger partial charge on any atom is 0.159 e. The van der Waals surface area contributed by atoms with Gasteiger partial charge in [-0.05, 0) is 69.3 Å². The number of carbonyl (C=O) groups is 1. The number of benzene rings is 1. The molecular formula is C29H53OS+. The number of Topliss-reactive ketones (excluding diaryl/α,β-unsaturated/α-hetero) is 1. The molecule has 180 valence electrons. The van der Waals surface area contributed by atoms with Gasteiger partial charge in [-0.25, -0.2) is 0 Å². The Morgan fingerprint density at radius 2 is 1.55 bits per heavy atom. The van der Waals surface area contributed by atoms with E-state index in [4.69, 9.17) is 0 Å². The fourth-order valence-corrected chi connectivity index (χ4v) is 4.53. The summed E-state index contributed by atoms with van der Waals surface area (Å²) in [6.45, 7) is 22.4. The Kier molecular flexibility index (Phi) is 29.6. The lowest BCUT2D eigenvalue weighted by Crippen LogP contribution is -2.11. The second-order valence-electron chi connectivity index (χ2n) is 7.08. The van der Waals surface area contributed by atoms with Crippen molar-refractivity contribution < 1.29 is 4.79 Å². The molecule has 0 saturated carbocycles. The molecule has 0 bridgehead atoms. The van der Waals surface area contributed by atoms with E-state index in [1.54, 1.807) is 13.0 Å². The van der Waals surface area contributed by atoms with E-state index in [9.17, 15) is 4.79 Å². The third-order valence-electron chi connectivity index (χ3n) is 4.83. The van der Waals surface area contributed by atoms with Crippen molar-refractivity contribution in [3.8, 4) is 0 Å². The Hall–Kier alpha value is -1.28. The van der Waals surface area contributed by atoms with Gasteiger partial charge < -0.3 is 0 Å². The van der Waals surface area contributed by atoms with Crippen LogP contribution >= 0.6 is 0 Å². The number of allylic oxidation sites excluding steroid dienone is 3. The van der Waals surface area contributed by atoms with Gasteiger partial charge in [0, 0.05) is 5.56 Å². The van der Waals surface area contributed by atoms with Gasteiger partial charge in [-0.1, -0.05) is 96.5 Å². The summed E-state index contributed by atoms with van der Waals surface area (Å²) in [5.74, 6) is 5.04. The highest BCUT2D eigenvalue weighted by Gasteiger charge is 2.09. The molecule has 1 rings (SSSR count). The number of carbonyl (C=O) groups excluding carboxylic acids is 1. The van der Waals surface area contributed by atoms with E-state index in [1.807, 2.05) is 45.1 Å². The second kappa shape index (κ2) is 26.8. The van der Waals surface area contributed by atoms with E-state index in [2.05, 4.69) is 53.3 Å². The van der Waals surface area contributed by atoms with Crippen molar-refractivity contribution in [2.45, 2.75) is 100 Å². The zero-order valence-electron chi connectivity index (χ0n) is 22.3. The van der Waals surface area contributed by atoms with Crippen molar-refractivity contribution in [3.63, 3.8) is 0 Å². The fraction of sp³-hybridized carbons (Fsp3) is 0.621.